The maximum atomic E-state index is 12.6. The van der Waals surface area contributed by atoms with Crippen molar-refractivity contribution in [2.45, 2.75) is 33.2 Å². The molecule has 2 aromatic carbocycles. The quantitative estimate of drug-likeness (QED) is 0.572. The van der Waals surface area contributed by atoms with Crippen LogP contribution in [-0.4, -0.2) is 34.0 Å². The molecule has 0 saturated carbocycles. The Hall–Kier alpha value is -2.51. The first-order valence-corrected chi connectivity index (χ1v) is 11.0. The van der Waals surface area contributed by atoms with Crippen LogP contribution in [-0.2, 0) is 11.3 Å². The van der Waals surface area contributed by atoms with Crippen molar-refractivity contribution in [1.29, 1.82) is 0 Å². The minimum Gasteiger partial charge on any atom is -0.338 e. The summed E-state index contributed by atoms with van der Waals surface area (Å²) >= 11 is 3.46. The van der Waals surface area contributed by atoms with Crippen molar-refractivity contribution in [3.63, 3.8) is 0 Å². The molecule has 6 nitrogen and oxygen atoms in total. The summed E-state index contributed by atoms with van der Waals surface area (Å²) in [5.41, 5.74) is 4.20. The Bertz CT molecular complexity index is 1040. The van der Waals surface area contributed by atoms with Gasteiger partial charge in [-0.05, 0) is 75.2 Å². The lowest BCUT2D eigenvalue weighted by molar-refractivity contribution is -0.121. The number of rotatable bonds is 5. The van der Waals surface area contributed by atoms with Gasteiger partial charge in [0.2, 0.25) is 17.6 Å². The van der Waals surface area contributed by atoms with Crippen molar-refractivity contribution in [3.05, 3.63) is 64.0 Å². The Balaban J connectivity index is 1.29. The van der Waals surface area contributed by atoms with Gasteiger partial charge in [0, 0.05) is 21.6 Å². The topological polar surface area (TPSA) is 71.3 Å². The third kappa shape index (κ3) is 4.96. The summed E-state index contributed by atoms with van der Waals surface area (Å²) in [6.45, 7) is 6.40. The van der Waals surface area contributed by atoms with E-state index in [0.29, 0.717) is 18.3 Å². The lowest BCUT2D eigenvalue weighted by Gasteiger charge is -2.30. The number of benzene rings is 2. The van der Waals surface area contributed by atoms with Crippen LogP contribution < -0.4 is 5.32 Å². The predicted molar refractivity (Wildman–Crippen MR) is 120 cm³/mol. The number of nitrogens with one attached hydrogen (secondary N) is 1. The first kappa shape index (κ1) is 20.8. The Labute approximate surface area is 184 Å². The van der Waals surface area contributed by atoms with Gasteiger partial charge in [-0.15, -0.1) is 0 Å². The Morgan fingerprint density at radius 3 is 2.70 bits per heavy atom. The molecule has 7 heteroatoms. The standard InChI is InChI=1S/C23H25BrN4O2/c1-15-6-7-20(12-16(15)2)25-23(29)17-8-10-28(11-9-17)14-21-26-22(27-30-21)18-4-3-5-19(24)13-18/h3-7,12-13,17H,8-11,14H2,1-2H3,(H,25,29). The molecule has 1 saturated heterocycles. The van der Waals surface area contributed by atoms with Crippen molar-refractivity contribution in [2.75, 3.05) is 18.4 Å². The van der Waals surface area contributed by atoms with E-state index in [1.165, 1.54) is 11.1 Å². The van der Waals surface area contributed by atoms with Crippen molar-refractivity contribution < 1.29 is 9.32 Å². The second-order valence-corrected chi connectivity index (χ2v) is 8.78. The smallest absolute Gasteiger partial charge is 0.241 e. The fraction of sp³-hybridized carbons (Fsp3) is 0.348. The Kier molecular flexibility index (Phi) is 6.29. The number of anilines is 1. The SMILES string of the molecule is Cc1ccc(NC(=O)C2CCN(Cc3nc(-c4cccc(Br)c4)no3)CC2)cc1C. The van der Waals surface area contributed by atoms with Crippen molar-refractivity contribution in [3.8, 4) is 11.4 Å². The summed E-state index contributed by atoms with van der Waals surface area (Å²) < 4.78 is 6.42. The molecule has 1 aliphatic heterocycles. The van der Waals surface area contributed by atoms with E-state index in [9.17, 15) is 4.79 Å². The molecule has 2 heterocycles. The van der Waals surface area contributed by atoms with Gasteiger partial charge in [-0.2, -0.15) is 4.98 Å². The number of carbonyl (C=O) groups excluding carboxylic acids is 1. The average molecular weight is 469 g/mol. The van der Waals surface area contributed by atoms with Crippen molar-refractivity contribution in [1.82, 2.24) is 15.0 Å². The van der Waals surface area contributed by atoms with Gasteiger partial charge >= 0.3 is 0 Å². The second kappa shape index (κ2) is 9.10. The van der Waals surface area contributed by atoms with E-state index in [4.69, 9.17) is 4.52 Å². The molecule has 0 unspecified atom stereocenters. The molecule has 4 rings (SSSR count). The number of aryl methyl sites for hydroxylation is 2. The minimum absolute atomic E-state index is 0.0303. The number of halogens is 1. The average Bonchev–Trinajstić information content (AvgIpc) is 3.20. The molecule has 0 atom stereocenters. The number of amides is 1. The molecular formula is C23H25BrN4O2. The maximum absolute atomic E-state index is 12.6. The first-order chi connectivity index (χ1) is 14.5. The molecule has 0 bridgehead atoms. The highest BCUT2D eigenvalue weighted by Crippen LogP contribution is 2.23. The van der Waals surface area contributed by atoms with Gasteiger partial charge in [-0.1, -0.05) is 39.3 Å². The number of aromatic nitrogens is 2. The number of hydrogen-bond donors (Lipinski definition) is 1. The fourth-order valence-electron chi connectivity index (χ4n) is 3.67. The van der Waals surface area contributed by atoms with E-state index >= 15 is 0 Å². The monoisotopic (exact) mass is 468 g/mol. The van der Waals surface area contributed by atoms with Crippen molar-refractivity contribution >= 4 is 27.5 Å². The summed E-state index contributed by atoms with van der Waals surface area (Å²) in [6, 6.07) is 13.9. The molecule has 3 aromatic rings. The zero-order valence-corrected chi connectivity index (χ0v) is 18.8. The Morgan fingerprint density at radius 2 is 1.97 bits per heavy atom. The molecule has 1 aromatic heterocycles. The number of carbonyl (C=O) groups is 1. The summed E-state index contributed by atoms with van der Waals surface area (Å²) in [6.07, 6.45) is 1.65. The lowest BCUT2D eigenvalue weighted by Crippen LogP contribution is -2.37. The van der Waals surface area contributed by atoms with E-state index in [1.54, 1.807) is 0 Å². The molecule has 156 valence electrons. The number of piperidine rings is 1. The summed E-state index contributed by atoms with van der Waals surface area (Å²) in [4.78, 5) is 19.4. The number of nitrogens with zero attached hydrogens (tertiary/aromatic N) is 3. The van der Waals surface area contributed by atoms with Crippen LogP contribution in [0.4, 0.5) is 5.69 Å². The molecular weight excluding hydrogens is 444 g/mol. The lowest BCUT2D eigenvalue weighted by atomic mass is 9.95. The van der Waals surface area contributed by atoms with Gasteiger partial charge in [-0.25, -0.2) is 0 Å². The van der Waals surface area contributed by atoms with Gasteiger partial charge in [-0.3, -0.25) is 9.69 Å². The highest BCUT2D eigenvalue weighted by Gasteiger charge is 2.26. The molecule has 0 spiro atoms. The molecule has 0 aliphatic carbocycles. The highest BCUT2D eigenvalue weighted by atomic mass is 79.9. The van der Waals surface area contributed by atoms with Crippen LogP contribution in [0.15, 0.2) is 51.5 Å². The van der Waals surface area contributed by atoms with Gasteiger partial charge in [0.1, 0.15) is 0 Å². The highest BCUT2D eigenvalue weighted by molar-refractivity contribution is 9.10. The van der Waals surface area contributed by atoms with Crippen LogP contribution in [0.3, 0.4) is 0 Å². The van der Waals surface area contributed by atoms with Gasteiger partial charge in [0.05, 0.1) is 6.54 Å². The number of hydrogen-bond acceptors (Lipinski definition) is 5. The van der Waals surface area contributed by atoms with E-state index in [2.05, 4.69) is 50.1 Å². The molecule has 1 N–H and O–H groups in total. The third-order valence-electron chi connectivity index (χ3n) is 5.64. The van der Waals surface area contributed by atoms with Crippen LogP contribution in [0.1, 0.15) is 29.9 Å². The second-order valence-electron chi connectivity index (χ2n) is 7.86. The van der Waals surface area contributed by atoms with Crippen LogP contribution in [0.25, 0.3) is 11.4 Å². The van der Waals surface area contributed by atoms with Crippen LogP contribution in [0.2, 0.25) is 0 Å². The van der Waals surface area contributed by atoms with Crippen LogP contribution >= 0.6 is 15.9 Å². The maximum Gasteiger partial charge on any atom is 0.241 e. The number of likely N-dealkylation sites (tertiary alicyclic amines) is 1. The zero-order valence-electron chi connectivity index (χ0n) is 17.2. The van der Waals surface area contributed by atoms with E-state index < -0.39 is 0 Å². The third-order valence-corrected chi connectivity index (χ3v) is 6.14. The summed E-state index contributed by atoms with van der Waals surface area (Å²) in [5.74, 6) is 1.33. The van der Waals surface area contributed by atoms with Crippen LogP contribution in [0.5, 0.6) is 0 Å². The van der Waals surface area contributed by atoms with Gasteiger partial charge in [0.15, 0.2) is 0 Å². The van der Waals surface area contributed by atoms with Gasteiger partial charge < -0.3 is 9.84 Å². The van der Waals surface area contributed by atoms with E-state index in [-0.39, 0.29) is 11.8 Å². The van der Waals surface area contributed by atoms with Gasteiger partial charge in [0.25, 0.3) is 0 Å². The Morgan fingerprint density at radius 1 is 1.17 bits per heavy atom. The largest absolute Gasteiger partial charge is 0.338 e. The molecule has 1 fully saturated rings. The zero-order chi connectivity index (χ0) is 21.1. The summed E-state index contributed by atoms with van der Waals surface area (Å²) in [7, 11) is 0. The molecule has 0 radical (unpaired) electrons. The van der Waals surface area contributed by atoms with E-state index in [0.717, 1.165) is 41.7 Å². The normalized spacial score (nSPS) is 15.3. The molecule has 30 heavy (non-hydrogen) atoms. The summed E-state index contributed by atoms with van der Waals surface area (Å²) in [5, 5.41) is 7.17. The molecule has 1 amide bonds. The predicted octanol–water partition coefficient (Wildman–Crippen LogP) is 4.97. The minimum atomic E-state index is 0.0303. The van der Waals surface area contributed by atoms with E-state index in [1.807, 2.05) is 42.5 Å². The fourth-order valence-corrected chi connectivity index (χ4v) is 4.07. The van der Waals surface area contributed by atoms with Crippen LogP contribution in [0, 0.1) is 19.8 Å². The van der Waals surface area contributed by atoms with Crippen molar-refractivity contribution in [2.24, 2.45) is 5.92 Å². The molecule has 1 aliphatic rings. The first-order valence-electron chi connectivity index (χ1n) is 10.2.